The van der Waals surface area contributed by atoms with Crippen LogP contribution in [0.2, 0.25) is 0 Å². The second-order valence-corrected chi connectivity index (χ2v) is 4.89. The van der Waals surface area contributed by atoms with Crippen LogP contribution in [-0.2, 0) is 4.79 Å². The minimum atomic E-state index is -0.925. The predicted molar refractivity (Wildman–Crippen MR) is 68.2 cm³/mol. The molecule has 0 radical (unpaired) electrons. The van der Waals surface area contributed by atoms with E-state index in [9.17, 15) is 9.90 Å². The molecule has 0 bridgehead atoms. The van der Waals surface area contributed by atoms with Crippen LogP contribution in [0.1, 0.15) is 5.82 Å². The van der Waals surface area contributed by atoms with Crippen molar-refractivity contribution in [3.63, 3.8) is 0 Å². The molecule has 2 heterocycles. The maximum absolute atomic E-state index is 10.8. The number of hydrogen-bond acceptors (Lipinski definition) is 5. The van der Waals surface area contributed by atoms with Gasteiger partial charge in [0.15, 0.2) is 11.9 Å². The first-order valence-electron chi connectivity index (χ1n) is 5.26. The van der Waals surface area contributed by atoms with E-state index in [1.54, 1.807) is 18.2 Å². The number of nitrogens with one attached hydrogen (secondary N) is 1. The number of aromatic nitrogens is 2. The molecular formula is C11H9N3O3S. The number of rotatable bonds is 2. The first kappa shape index (κ1) is 11.1. The maximum Gasteiger partial charge on any atom is 0.329 e. The molecule has 1 aromatic heterocycles. The number of thioether (sulfide) groups is 1. The number of fused-ring (bicyclic) bond motifs is 1. The standard InChI is InChI=1S/C11H9N3O3S/c15-5-1-2-6-7(3-5)13-9(12-6)10-14-8(4-18-10)11(16)17/h1-3,8,15H,4H2,(H,12,13)(H,16,17)/t8-/m1/s1. The Balaban J connectivity index is 2.00. The fourth-order valence-corrected chi connectivity index (χ4v) is 2.70. The number of imidazole rings is 1. The van der Waals surface area contributed by atoms with Crippen molar-refractivity contribution in [2.75, 3.05) is 5.75 Å². The molecule has 6 nitrogen and oxygen atoms in total. The Hall–Kier alpha value is -2.02. The number of aliphatic carboxylic acids is 1. The lowest BCUT2D eigenvalue weighted by Crippen LogP contribution is -2.17. The molecule has 3 rings (SSSR count). The highest BCUT2D eigenvalue weighted by Crippen LogP contribution is 2.25. The molecular weight excluding hydrogens is 254 g/mol. The van der Waals surface area contributed by atoms with Gasteiger partial charge < -0.3 is 15.2 Å². The van der Waals surface area contributed by atoms with Crippen molar-refractivity contribution in [2.24, 2.45) is 4.99 Å². The Kier molecular flexibility index (Phi) is 2.48. The SMILES string of the molecule is O=C(O)[C@H]1CSC(c2nc3ccc(O)cc3[nH]2)=N1. The number of carboxylic acids is 1. The summed E-state index contributed by atoms with van der Waals surface area (Å²) in [5.41, 5.74) is 1.41. The van der Waals surface area contributed by atoms with Crippen LogP contribution in [0.3, 0.4) is 0 Å². The van der Waals surface area contributed by atoms with Crippen LogP contribution in [0.4, 0.5) is 0 Å². The van der Waals surface area contributed by atoms with E-state index in [1.165, 1.54) is 11.8 Å². The normalized spacial score (nSPS) is 19.1. The number of nitrogens with zero attached hydrogens (tertiary/aromatic N) is 2. The summed E-state index contributed by atoms with van der Waals surface area (Å²) in [4.78, 5) is 22.3. The van der Waals surface area contributed by atoms with Gasteiger partial charge in [0.25, 0.3) is 0 Å². The Bertz CT molecular complexity index is 665. The summed E-state index contributed by atoms with van der Waals surface area (Å²) in [6.07, 6.45) is 0. The fraction of sp³-hybridized carbons (Fsp3) is 0.182. The largest absolute Gasteiger partial charge is 0.508 e. The lowest BCUT2D eigenvalue weighted by atomic mass is 10.3. The van der Waals surface area contributed by atoms with Gasteiger partial charge in [-0.15, -0.1) is 11.8 Å². The van der Waals surface area contributed by atoms with Crippen molar-refractivity contribution in [3.8, 4) is 5.75 Å². The molecule has 3 N–H and O–H groups in total. The van der Waals surface area contributed by atoms with Crippen LogP contribution >= 0.6 is 11.8 Å². The van der Waals surface area contributed by atoms with E-state index in [0.29, 0.717) is 27.7 Å². The Morgan fingerprint density at radius 3 is 3.06 bits per heavy atom. The van der Waals surface area contributed by atoms with Crippen molar-refractivity contribution in [3.05, 3.63) is 24.0 Å². The van der Waals surface area contributed by atoms with E-state index >= 15 is 0 Å². The second-order valence-electron chi connectivity index (χ2n) is 3.89. The highest BCUT2D eigenvalue weighted by atomic mass is 32.2. The van der Waals surface area contributed by atoms with E-state index in [4.69, 9.17) is 5.11 Å². The predicted octanol–water partition coefficient (Wildman–Crippen LogP) is 1.22. The Labute approximate surface area is 106 Å². The minimum Gasteiger partial charge on any atom is -0.508 e. The monoisotopic (exact) mass is 263 g/mol. The fourth-order valence-electron chi connectivity index (χ4n) is 1.73. The third kappa shape index (κ3) is 1.82. The minimum absolute atomic E-state index is 0.155. The Morgan fingerprint density at radius 1 is 1.50 bits per heavy atom. The second kappa shape index (κ2) is 4.02. The molecule has 2 aromatic rings. The number of phenols is 1. The molecule has 1 aromatic carbocycles. The average Bonchev–Trinajstić information content (AvgIpc) is 2.93. The number of aliphatic imine (C=N–C) groups is 1. The summed E-state index contributed by atoms with van der Waals surface area (Å²) >= 11 is 1.36. The van der Waals surface area contributed by atoms with Gasteiger partial charge >= 0.3 is 5.97 Å². The van der Waals surface area contributed by atoms with Gasteiger partial charge in [-0.05, 0) is 12.1 Å². The quantitative estimate of drug-likeness (QED) is 0.756. The average molecular weight is 263 g/mol. The van der Waals surface area contributed by atoms with Crippen LogP contribution in [0, 0.1) is 0 Å². The van der Waals surface area contributed by atoms with Crippen LogP contribution < -0.4 is 0 Å². The molecule has 1 aliphatic heterocycles. The van der Waals surface area contributed by atoms with Crippen LogP contribution in [0.5, 0.6) is 5.75 Å². The summed E-state index contributed by atoms with van der Waals surface area (Å²) in [5, 5.41) is 18.8. The number of phenolic OH excluding ortho intramolecular Hbond substituents is 1. The number of aromatic hydroxyl groups is 1. The molecule has 0 amide bonds. The lowest BCUT2D eigenvalue weighted by molar-refractivity contribution is -0.137. The van der Waals surface area contributed by atoms with Crippen LogP contribution in [-0.4, -0.2) is 43.0 Å². The molecule has 0 aliphatic carbocycles. The van der Waals surface area contributed by atoms with Gasteiger partial charge in [0.2, 0.25) is 0 Å². The highest BCUT2D eigenvalue weighted by molar-refractivity contribution is 8.14. The van der Waals surface area contributed by atoms with Crippen molar-refractivity contribution in [1.29, 1.82) is 0 Å². The number of hydrogen-bond donors (Lipinski definition) is 3. The summed E-state index contributed by atoms with van der Waals surface area (Å²) in [6, 6.07) is 4.11. The first-order chi connectivity index (χ1) is 8.63. The van der Waals surface area contributed by atoms with E-state index < -0.39 is 12.0 Å². The molecule has 18 heavy (non-hydrogen) atoms. The molecule has 0 saturated heterocycles. The Morgan fingerprint density at radius 2 is 2.33 bits per heavy atom. The van der Waals surface area contributed by atoms with Crippen molar-refractivity contribution >= 4 is 33.8 Å². The molecule has 7 heteroatoms. The molecule has 0 spiro atoms. The van der Waals surface area contributed by atoms with Crippen molar-refractivity contribution < 1.29 is 15.0 Å². The van der Waals surface area contributed by atoms with Crippen LogP contribution in [0.15, 0.2) is 23.2 Å². The lowest BCUT2D eigenvalue weighted by Gasteiger charge is -1.93. The van der Waals surface area contributed by atoms with Gasteiger partial charge in [-0.3, -0.25) is 4.99 Å². The number of H-pyrrole nitrogens is 1. The first-order valence-corrected chi connectivity index (χ1v) is 6.24. The molecule has 1 atom stereocenters. The molecule has 0 unspecified atom stereocenters. The maximum atomic E-state index is 10.8. The molecule has 92 valence electrons. The van der Waals surface area contributed by atoms with E-state index in [-0.39, 0.29) is 5.75 Å². The topological polar surface area (TPSA) is 98.6 Å². The summed E-state index contributed by atoms with van der Waals surface area (Å²) in [6.45, 7) is 0. The van der Waals surface area contributed by atoms with Gasteiger partial charge in [-0.25, -0.2) is 9.78 Å². The number of benzene rings is 1. The molecule has 0 saturated carbocycles. The van der Waals surface area contributed by atoms with Gasteiger partial charge in [0.05, 0.1) is 11.0 Å². The summed E-state index contributed by atoms with van der Waals surface area (Å²) in [7, 11) is 0. The third-order valence-electron chi connectivity index (χ3n) is 2.60. The molecule has 0 fully saturated rings. The zero-order chi connectivity index (χ0) is 12.7. The van der Waals surface area contributed by atoms with Gasteiger partial charge in [0, 0.05) is 11.8 Å². The van der Waals surface area contributed by atoms with Gasteiger partial charge in [0.1, 0.15) is 10.8 Å². The van der Waals surface area contributed by atoms with E-state index in [0.717, 1.165) is 0 Å². The summed E-state index contributed by atoms with van der Waals surface area (Å²) in [5.74, 6) is 0.199. The number of aromatic amines is 1. The summed E-state index contributed by atoms with van der Waals surface area (Å²) < 4.78 is 0. The van der Waals surface area contributed by atoms with Crippen molar-refractivity contribution in [2.45, 2.75) is 6.04 Å². The number of carboxylic acid groups (broad SMARTS) is 1. The third-order valence-corrected chi connectivity index (χ3v) is 3.66. The van der Waals surface area contributed by atoms with Gasteiger partial charge in [-0.2, -0.15) is 0 Å². The zero-order valence-electron chi connectivity index (χ0n) is 9.12. The smallest absolute Gasteiger partial charge is 0.329 e. The van der Waals surface area contributed by atoms with Crippen LogP contribution in [0.25, 0.3) is 11.0 Å². The van der Waals surface area contributed by atoms with Gasteiger partial charge in [-0.1, -0.05) is 0 Å². The highest BCUT2D eigenvalue weighted by Gasteiger charge is 2.26. The number of carbonyl (C=O) groups is 1. The van der Waals surface area contributed by atoms with E-state index in [1.807, 2.05) is 0 Å². The zero-order valence-corrected chi connectivity index (χ0v) is 9.94. The van der Waals surface area contributed by atoms with E-state index in [2.05, 4.69) is 15.0 Å². The molecule has 1 aliphatic rings. The van der Waals surface area contributed by atoms with Crippen molar-refractivity contribution in [1.82, 2.24) is 9.97 Å².